The molecule has 1 heterocycles. The Morgan fingerprint density at radius 3 is 2.78 bits per heavy atom. The van der Waals surface area contributed by atoms with Crippen LogP contribution in [0.1, 0.15) is 15.9 Å². The van der Waals surface area contributed by atoms with E-state index in [0.29, 0.717) is 18.7 Å². The van der Waals surface area contributed by atoms with Crippen LogP contribution in [-0.2, 0) is 4.79 Å². The summed E-state index contributed by atoms with van der Waals surface area (Å²) in [4.78, 5) is 25.4. The zero-order valence-electron chi connectivity index (χ0n) is 10.6. The second-order valence-corrected chi connectivity index (χ2v) is 4.47. The SMILES string of the molecule is C=C(CNC)CN1C(=O)C(=O)c2cccc(C)c21. The minimum absolute atomic E-state index is 0.378. The molecule has 18 heavy (non-hydrogen) atoms. The molecule has 1 aliphatic heterocycles. The standard InChI is InChI=1S/C14H16N2O2/c1-9(7-15-3)8-16-12-10(2)5-4-6-11(12)13(17)14(16)18/h4-6,15H,1,7-8H2,2-3H3. The predicted octanol–water partition coefficient (Wildman–Crippen LogP) is 1.30. The van der Waals surface area contributed by atoms with E-state index in [2.05, 4.69) is 11.9 Å². The number of likely N-dealkylation sites (N-methyl/N-ethyl adjacent to an activating group) is 1. The van der Waals surface area contributed by atoms with Gasteiger partial charge in [-0.15, -0.1) is 0 Å². The summed E-state index contributed by atoms with van der Waals surface area (Å²) in [6, 6.07) is 5.40. The van der Waals surface area contributed by atoms with E-state index in [0.717, 1.165) is 16.8 Å². The average molecular weight is 244 g/mol. The Hall–Kier alpha value is -1.94. The van der Waals surface area contributed by atoms with Crippen LogP contribution in [0.15, 0.2) is 30.4 Å². The number of aryl methyl sites for hydroxylation is 1. The third-order valence-electron chi connectivity index (χ3n) is 3.00. The van der Waals surface area contributed by atoms with Crippen molar-refractivity contribution in [3.8, 4) is 0 Å². The van der Waals surface area contributed by atoms with Crippen LogP contribution in [0.4, 0.5) is 5.69 Å². The van der Waals surface area contributed by atoms with Gasteiger partial charge in [0.2, 0.25) is 0 Å². The molecule has 1 N–H and O–H groups in total. The summed E-state index contributed by atoms with van der Waals surface area (Å²) in [5.74, 6) is -0.887. The van der Waals surface area contributed by atoms with Crippen molar-refractivity contribution in [3.05, 3.63) is 41.5 Å². The normalized spacial score (nSPS) is 14.0. The van der Waals surface area contributed by atoms with Crippen LogP contribution >= 0.6 is 0 Å². The molecule has 0 aliphatic carbocycles. The second-order valence-electron chi connectivity index (χ2n) is 4.47. The molecular weight excluding hydrogens is 228 g/mol. The van der Waals surface area contributed by atoms with Crippen LogP contribution in [0.3, 0.4) is 0 Å². The molecular formula is C14H16N2O2. The lowest BCUT2D eigenvalue weighted by Gasteiger charge is -2.19. The van der Waals surface area contributed by atoms with Crippen molar-refractivity contribution in [3.63, 3.8) is 0 Å². The highest BCUT2D eigenvalue weighted by Crippen LogP contribution is 2.32. The number of carbonyl (C=O) groups is 2. The number of hydrogen-bond donors (Lipinski definition) is 1. The number of amides is 1. The summed E-state index contributed by atoms with van der Waals surface area (Å²) in [7, 11) is 1.82. The van der Waals surface area contributed by atoms with Crippen molar-refractivity contribution in [2.45, 2.75) is 6.92 Å². The second kappa shape index (κ2) is 4.74. The summed E-state index contributed by atoms with van der Waals surface area (Å²) >= 11 is 0. The van der Waals surface area contributed by atoms with Gasteiger partial charge in [0.1, 0.15) is 0 Å². The van der Waals surface area contributed by atoms with E-state index >= 15 is 0 Å². The molecule has 1 aromatic carbocycles. The number of anilines is 1. The molecule has 2 rings (SSSR count). The number of rotatable bonds is 4. The van der Waals surface area contributed by atoms with Gasteiger partial charge in [-0.1, -0.05) is 18.7 Å². The van der Waals surface area contributed by atoms with Gasteiger partial charge in [-0.25, -0.2) is 0 Å². The number of ketones is 1. The van der Waals surface area contributed by atoms with Crippen LogP contribution < -0.4 is 10.2 Å². The molecule has 1 amide bonds. The Kier molecular flexibility index (Phi) is 3.30. The lowest BCUT2D eigenvalue weighted by Crippen LogP contribution is -2.33. The van der Waals surface area contributed by atoms with Gasteiger partial charge >= 0.3 is 0 Å². The third kappa shape index (κ3) is 1.95. The number of carbonyl (C=O) groups excluding carboxylic acids is 2. The van der Waals surface area contributed by atoms with Gasteiger partial charge in [0.25, 0.3) is 11.7 Å². The van der Waals surface area contributed by atoms with Crippen LogP contribution in [0, 0.1) is 6.92 Å². The number of para-hydroxylation sites is 1. The maximum absolute atomic E-state index is 12.0. The van der Waals surface area contributed by atoms with E-state index in [-0.39, 0.29) is 0 Å². The minimum atomic E-state index is -0.462. The molecule has 0 atom stereocenters. The van der Waals surface area contributed by atoms with Crippen LogP contribution in [0.25, 0.3) is 0 Å². The van der Waals surface area contributed by atoms with Gasteiger partial charge in [0.05, 0.1) is 11.3 Å². The molecule has 0 fully saturated rings. The Bertz CT molecular complexity index is 535. The van der Waals surface area contributed by atoms with Crippen molar-refractivity contribution in [1.82, 2.24) is 5.32 Å². The first-order valence-corrected chi connectivity index (χ1v) is 5.83. The molecule has 1 aromatic rings. The lowest BCUT2D eigenvalue weighted by molar-refractivity contribution is -0.114. The summed E-state index contributed by atoms with van der Waals surface area (Å²) in [6.07, 6.45) is 0. The van der Waals surface area contributed by atoms with E-state index < -0.39 is 11.7 Å². The van der Waals surface area contributed by atoms with E-state index in [1.807, 2.05) is 20.0 Å². The fraction of sp³-hybridized carbons (Fsp3) is 0.286. The number of Topliss-reactive ketones (excluding diaryl/α,β-unsaturated/α-hetero) is 1. The fourth-order valence-electron chi connectivity index (χ4n) is 2.22. The Balaban J connectivity index is 2.36. The third-order valence-corrected chi connectivity index (χ3v) is 3.00. The highest BCUT2D eigenvalue weighted by molar-refractivity contribution is 6.52. The average Bonchev–Trinajstić information content (AvgIpc) is 2.56. The molecule has 0 bridgehead atoms. The van der Waals surface area contributed by atoms with Gasteiger partial charge in [-0.05, 0) is 31.2 Å². The molecule has 0 spiro atoms. The van der Waals surface area contributed by atoms with Crippen LogP contribution in [0.2, 0.25) is 0 Å². The van der Waals surface area contributed by atoms with E-state index in [1.165, 1.54) is 4.90 Å². The van der Waals surface area contributed by atoms with Crippen molar-refractivity contribution in [2.75, 3.05) is 25.0 Å². The Morgan fingerprint density at radius 2 is 2.11 bits per heavy atom. The van der Waals surface area contributed by atoms with Crippen LogP contribution in [-0.4, -0.2) is 31.8 Å². The summed E-state index contributed by atoms with van der Waals surface area (Å²) < 4.78 is 0. The number of nitrogens with one attached hydrogen (secondary N) is 1. The van der Waals surface area contributed by atoms with Crippen molar-refractivity contribution >= 4 is 17.4 Å². The quantitative estimate of drug-likeness (QED) is 0.641. The van der Waals surface area contributed by atoms with Gasteiger partial charge in [-0.2, -0.15) is 0 Å². The van der Waals surface area contributed by atoms with Crippen molar-refractivity contribution in [2.24, 2.45) is 0 Å². The maximum atomic E-state index is 12.0. The topological polar surface area (TPSA) is 49.4 Å². The molecule has 4 heteroatoms. The molecule has 0 unspecified atom stereocenters. The summed E-state index contributed by atoms with van der Waals surface area (Å²) in [5.41, 5.74) is 3.03. The fourth-order valence-corrected chi connectivity index (χ4v) is 2.22. The molecule has 0 saturated carbocycles. The van der Waals surface area contributed by atoms with Gasteiger partial charge in [0, 0.05) is 13.1 Å². The molecule has 4 nitrogen and oxygen atoms in total. The molecule has 0 aromatic heterocycles. The van der Waals surface area contributed by atoms with Crippen LogP contribution in [0.5, 0.6) is 0 Å². The van der Waals surface area contributed by atoms with Crippen molar-refractivity contribution in [1.29, 1.82) is 0 Å². The minimum Gasteiger partial charge on any atom is -0.316 e. The van der Waals surface area contributed by atoms with Gasteiger partial charge in [0.15, 0.2) is 0 Å². The van der Waals surface area contributed by atoms with E-state index in [1.54, 1.807) is 12.1 Å². The largest absolute Gasteiger partial charge is 0.316 e. The zero-order valence-corrected chi connectivity index (χ0v) is 10.6. The maximum Gasteiger partial charge on any atom is 0.299 e. The Morgan fingerprint density at radius 1 is 1.39 bits per heavy atom. The molecule has 0 saturated heterocycles. The number of fused-ring (bicyclic) bond motifs is 1. The predicted molar refractivity (Wildman–Crippen MR) is 70.9 cm³/mol. The highest BCUT2D eigenvalue weighted by Gasteiger charge is 2.36. The highest BCUT2D eigenvalue weighted by atomic mass is 16.2. The van der Waals surface area contributed by atoms with Gasteiger partial charge in [-0.3, -0.25) is 9.59 Å². The monoisotopic (exact) mass is 244 g/mol. The first kappa shape index (κ1) is 12.5. The first-order chi connectivity index (χ1) is 8.56. The summed E-state index contributed by atoms with van der Waals surface area (Å²) in [5, 5.41) is 2.98. The zero-order chi connectivity index (χ0) is 13.3. The number of hydrogen-bond acceptors (Lipinski definition) is 3. The molecule has 1 aliphatic rings. The summed E-state index contributed by atoms with van der Waals surface area (Å²) in [6.45, 7) is 6.81. The van der Waals surface area contributed by atoms with E-state index in [4.69, 9.17) is 0 Å². The number of benzene rings is 1. The lowest BCUT2D eigenvalue weighted by atomic mass is 10.1. The Labute approximate surface area is 106 Å². The number of nitrogens with zero attached hydrogens (tertiary/aromatic N) is 1. The molecule has 0 radical (unpaired) electrons. The smallest absolute Gasteiger partial charge is 0.299 e. The first-order valence-electron chi connectivity index (χ1n) is 5.83. The molecule has 94 valence electrons. The van der Waals surface area contributed by atoms with E-state index in [9.17, 15) is 9.59 Å². The van der Waals surface area contributed by atoms with Gasteiger partial charge < -0.3 is 10.2 Å². The van der Waals surface area contributed by atoms with Crippen molar-refractivity contribution < 1.29 is 9.59 Å².